The summed E-state index contributed by atoms with van der Waals surface area (Å²) in [4.78, 5) is 42.1. The van der Waals surface area contributed by atoms with Crippen LogP contribution in [0.25, 0.3) is 5.57 Å². The highest BCUT2D eigenvalue weighted by atomic mass is 16.2. The molecule has 2 aliphatic heterocycles. The lowest BCUT2D eigenvalue weighted by Gasteiger charge is -2.36. The van der Waals surface area contributed by atoms with Crippen molar-refractivity contribution >= 4 is 23.3 Å². The molecule has 172 valence electrons. The smallest absolute Gasteiger partial charge is 0.278 e. The lowest BCUT2D eigenvalue weighted by molar-refractivity contribution is -0.140. The molecular weight excluding hydrogens is 414 g/mol. The zero-order valence-corrected chi connectivity index (χ0v) is 19.0. The lowest BCUT2D eigenvalue weighted by atomic mass is 9.95. The first-order valence-electron chi connectivity index (χ1n) is 12.2. The van der Waals surface area contributed by atoms with Crippen LogP contribution in [-0.4, -0.2) is 63.8 Å². The summed E-state index contributed by atoms with van der Waals surface area (Å²) < 4.78 is 0. The Morgan fingerprint density at radius 1 is 0.697 bits per heavy atom. The Labute approximate surface area is 195 Å². The van der Waals surface area contributed by atoms with Gasteiger partial charge in [-0.05, 0) is 24.5 Å². The molecule has 0 spiro atoms. The first-order chi connectivity index (χ1) is 16.2. The fourth-order valence-electron chi connectivity index (χ4n) is 5.30. The van der Waals surface area contributed by atoms with Gasteiger partial charge in [0.1, 0.15) is 5.70 Å². The second-order valence-corrected chi connectivity index (χ2v) is 9.09. The predicted molar refractivity (Wildman–Crippen MR) is 127 cm³/mol. The summed E-state index contributed by atoms with van der Waals surface area (Å²) in [5, 5.41) is 0. The van der Waals surface area contributed by atoms with Gasteiger partial charge in [0.2, 0.25) is 5.95 Å². The minimum absolute atomic E-state index is 0.000482. The van der Waals surface area contributed by atoms with E-state index in [9.17, 15) is 9.59 Å². The Kier molecular flexibility index (Phi) is 6.37. The molecule has 1 aromatic carbocycles. The van der Waals surface area contributed by atoms with E-state index < -0.39 is 0 Å². The quantitative estimate of drug-likeness (QED) is 0.671. The molecule has 3 heterocycles. The van der Waals surface area contributed by atoms with E-state index in [0.29, 0.717) is 43.4 Å². The Morgan fingerprint density at radius 3 is 1.97 bits per heavy atom. The number of anilines is 1. The van der Waals surface area contributed by atoms with Gasteiger partial charge in [-0.25, -0.2) is 9.97 Å². The molecule has 7 nitrogen and oxygen atoms in total. The van der Waals surface area contributed by atoms with Crippen LogP contribution >= 0.6 is 0 Å². The number of piperazine rings is 1. The number of aromatic nitrogens is 2. The Morgan fingerprint density at radius 2 is 1.30 bits per heavy atom. The van der Waals surface area contributed by atoms with Gasteiger partial charge >= 0.3 is 0 Å². The molecule has 2 fully saturated rings. The molecule has 5 rings (SSSR count). The van der Waals surface area contributed by atoms with Crippen molar-refractivity contribution in [3.05, 3.63) is 60.1 Å². The third kappa shape index (κ3) is 4.36. The van der Waals surface area contributed by atoms with Crippen LogP contribution in [0.15, 0.2) is 54.5 Å². The van der Waals surface area contributed by atoms with Gasteiger partial charge in [-0.15, -0.1) is 0 Å². The highest BCUT2D eigenvalue weighted by molar-refractivity contribution is 6.35. The molecular formula is C26H31N5O2. The first-order valence-corrected chi connectivity index (χ1v) is 12.2. The van der Waals surface area contributed by atoms with Crippen molar-refractivity contribution in [2.45, 2.75) is 51.0 Å². The summed E-state index contributed by atoms with van der Waals surface area (Å²) in [6.45, 7) is 2.73. The van der Waals surface area contributed by atoms with Crippen molar-refractivity contribution < 1.29 is 9.59 Å². The van der Waals surface area contributed by atoms with E-state index in [0.717, 1.165) is 31.2 Å². The maximum atomic E-state index is 13.8. The van der Waals surface area contributed by atoms with E-state index in [1.807, 2.05) is 36.4 Å². The number of carbonyl (C=O) groups excluding carboxylic acids is 2. The average molecular weight is 446 g/mol. The summed E-state index contributed by atoms with van der Waals surface area (Å²) in [5.74, 6) is 0.466. The van der Waals surface area contributed by atoms with Gasteiger partial charge in [0, 0.05) is 44.6 Å². The Hall–Kier alpha value is -3.22. The second-order valence-electron chi connectivity index (χ2n) is 9.09. The molecule has 7 heteroatoms. The molecule has 1 saturated carbocycles. The number of nitrogens with zero attached hydrogens (tertiary/aromatic N) is 5. The average Bonchev–Trinajstić information content (AvgIpc) is 3.10. The minimum atomic E-state index is -0.124. The summed E-state index contributed by atoms with van der Waals surface area (Å²) >= 11 is 0. The van der Waals surface area contributed by atoms with Gasteiger partial charge in [0.25, 0.3) is 11.8 Å². The van der Waals surface area contributed by atoms with Crippen molar-refractivity contribution in [2.75, 3.05) is 31.1 Å². The number of carbonyl (C=O) groups is 2. The van der Waals surface area contributed by atoms with E-state index in [2.05, 4.69) is 19.8 Å². The molecule has 1 aliphatic carbocycles. The highest BCUT2D eigenvalue weighted by Crippen LogP contribution is 2.36. The molecule has 0 bridgehead atoms. The number of amides is 2. The van der Waals surface area contributed by atoms with Crippen LogP contribution in [0, 0.1) is 0 Å². The van der Waals surface area contributed by atoms with E-state index in [1.54, 1.807) is 17.3 Å². The largest absolute Gasteiger partial charge is 0.363 e. The van der Waals surface area contributed by atoms with Crippen molar-refractivity contribution in [3.8, 4) is 0 Å². The van der Waals surface area contributed by atoms with Gasteiger partial charge in [0.15, 0.2) is 0 Å². The predicted octanol–water partition coefficient (Wildman–Crippen LogP) is 3.49. The summed E-state index contributed by atoms with van der Waals surface area (Å²) in [6, 6.07) is 11.5. The van der Waals surface area contributed by atoms with Crippen molar-refractivity contribution in [3.63, 3.8) is 0 Å². The summed E-state index contributed by atoms with van der Waals surface area (Å²) in [6.07, 6.45) is 11.1. The van der Waals surface area contributed by atoms with Crippen molar-refractivity contribution in [1.29, 1.82) is 0 Å². The SMILES string of the molecule is O=C1C(c2ccccc2)=C(N2CCN(c3ncccn3)CC2)C(=O)N1C1CCCCCCC1. The Balaban J connectivity index is 1.43. The molecule has 0 N–H and O–H groups in total. The van der Waals surface area contributed by atoms with Crippen LogP contribution in [0.2, 0.25) is 0 Å². The number of hydrogen-bond donors (Lipinski definition) is 0. The maximum absolute atomic E-state index is 13.8. The maximum Gasteiger partial charge on any atom is 0.278 e. The van der Waals surface area contributed by atoms with Gasteiger partial charge in [0.05, 0.1) is 5.57 Å². The number of benzene rings is 1. The third-order valence-corrected chi connectivity index (χ3v) is 7.02. The molecule has 33 heavy (non-hydrogen) atoms. The van der Waals surface area contributed by atoms with E-state index >= 15 is 0 Å². The molecule has 1 saturated heterocycles. The number of rotatable bonds is 4. The fourth-order valence-corrected chi connectivity index (χ4v) is 5.30. The standard InChI is InChI=1S/C26H31N5O2/c32-24-22(20-10-5-4-6-11-20)23(25(33)31(24)21-12-7-2-1-3-8-13-21)29-16-18-30(19-17-29)26-27-14-9-15-28-26/h4-6,9-11,14-15,21H,1-3,7-8,12-13,16-19H2. The Bertz CT molecular complexity index is 1010. The summed E-state index contributed by atoms with van der Waals surface area (Å²) in [7, 11) is 0. The van der Waals surface area contributed by atoms with Gasteiger partial charge in [-0.2, -0.15) is 0 Å². The van der Waals surface area contributed by atoms with Crippen LogP contribution in [-0.2, 0) is 9.59 Å². The third-order valence-electron chi connectivity index (χ3n) is 7.02. The molecule has 0 atom stereocenters. The number of hydrogen-bond acceptors (Lipinski definition) is 6. The lowest BCUT2D eigenvalue weighted by Crippen LogP contribution is -2.49. The highest BCUT2D eigenvalue weighted by Gasteiger charge is 2.45. The van der Waals surface area contributed by atoms with Crippen molar-refractivity contribution in [1.82, 2.24) is 19.8 Å². The molecule has 2 aromatic rings. The fraction of sp³-hybridized carbons (Fsp3) is 0.462. The van der Waals surface area contributed by atoms with Gasteiger partial charge < -0.3 is 9.80 Å². The van der Waals surface area contributed by atoms with E-state index in [1.165, 1.54) is 19.3 Å². The zero-order chi connectivity index (χ0) is 22.6. The number of imide groups is 1. The van der Waals surface area contributed by atoms with Crippen LogP contribution < -0.4 is 4.90 Å². The molecule has 0 radical (unpaired) electrons. The molecule has 3 aliphatic rings. The minimum Gasteiger partial charge on any atom is -0.363 e. The van der Waals surface area contributed by atoms with E-state index in [4.69, 9.17) is 0 Å². The van der Waals surface area contributed by atoms with Crippen LogP contribution in [0.1, 0.15) is 50.5 Å². The van der Waals surface area contributed by atoms with Crippen LogP contribution in [0.5, 0.6) is 0 Å². The molecule has 0 unspecified atom stereocenters. The topological polar surface area (TPSA) is 69.6 Å². The van der Waals surface area contributed by atoms with Crippen molar-refractivity contribution in [2.24, 2.45) is 0 Å². The second kappa shape index (κ2) is 9.73. The molecule has 2 amide bonds. The van der Waals surface area contributed by atoms with Crippen LogP contribution in [0.3, 0.4) is 0 Å². The zero-order valence-electron chi connectivity index (χ0n) is 19.0. The van der Waals surface area contributed by atoms with E-state index in [-0.39, 0.29) is 17.9 Å². The normalized spacial score (nSPS) is 20.9. The first kappa shape index (κ1) is 21.6. The monoisotopic (exact) mass is 445 g/mol. The molecule has 1 aromatic heterocycles. The summed E-state index contributed by atoms with van der Waals surface area (Å²) in [5.41, 5.74) is 1.96. The van der Waals surface area contributed by atoms with Crippen LogP contribution in [0.4, 0.5) is 5.95 Å². The van der Waals surface area contributed by atoms with Gasteiger partial charge in [-0.1, -0.05) is 62.4 Å². The van der Waals surface area contributed by atoms with Gasteiger partial charge in [-0.3, -0.25) is 14.5 Å².